The number of ketones is 1. The number of rotatable bonds is 8. The van der Waals surface area contributed by atoms with Gasteiger partial charge in [0.2, 0.25) is 0 Å². The molecule has 8 heteroatoms. The highest BCUT2D eigenvalue weighted by Crippen LogP contribution is 2.18. The van der Waals surface area contributed by atoms with E-state index in [-0.39, 0.29) is 29.9 Å². The molecule has 0 heterocycles. The van der Waals surface area contributed by atoms with Crippen LogP contribution in [-0.4, -0.2) is 30.2 Å². The summed E-state index contributed by atoms with van der Waals surface area (Å²) in [6, 6.07) is 11.5. The Morgan fingerprint density at radius 1 is 0.929 bits per heavy atom. The molecule has 0 bridgehead atoms. The fourth-order valence-corrected chi connectivity index (χ4v) is 2.20. The van der Waals surface area contributed by atoms with E-state index in [0.29, 0.717) is 5.69 Å². The third-order valence-corrected chi connectivity index (χ3v) is 3.59. The summed E-state index contributed by atoms with van der Waals surface area (Å²) in [6.07, 6.45) is -0.0495. The largest absolute Gasteiger partial charge is 0.456 e. The Balaban J connectivity index is 1.96. The first-order valence-corrected chi connectivity index (χ1v) is 8.46. The van der Waals surface area contributed by atoms with E-state index >= 15 is 0 Å². The Hall–Kier alpha value is -3.55. The van der Waals surface area contributed by atoms with Gasteiger partial charge in [0.1, 0.15) is 11.6 Å². The number of anilines is 2. The summed E-state index contributed by atoms with van der Waals surface area (Å²) in [4.78, 5) is 46.7. The van der Waals surface area contributed by atoms with Gasteiger partial charge in [-0.25, -0.2) is 4.39 Å². The van der Waals surface area contributed by atoms with Gasteiger partial charge >= 0.3 is 5.97 Å². The van der Waals surface area contributed by atoms with Crippen molar-refractivity contribution < 1.29 is 28.3 Å². The van der Waals surface area contributed by atoms with Gasteiger partial charge in [0.25, 0.3) is 11.8 Å². The Bertz CT molecular complexity index is 880. The minimum Gasteiger partial charge on any atom is -0.456 e. The maximum Gasteiger partial charge on any atom is 0.306 e. The number of esters is 1. The predicted molar refractivity (Wildman–Crippen MR) is 100 cm³/mol. The second-order valence-electron chi connectivity index (χ2n) is 5.92. The van der Waals surface area contributed by atoms with Gasteiger partial charge in [0.05, 0.1) is 17.7 Å². The van der Waals surface area contributed by atoms with E-state index in [2.05, 4.69) is 10.6 Å². The first-order chi connectivity index (χ1) is 13.3. The molecule has 0 atom stereocenters. The number of amides is 2. The number of nitrogens with one attached hydrogen (secondary N) is 2. The monoisotopic (exact) mass is 386 g/mol. The van der Waals surface area contributed by atoms with Gasteiger partial charge in [-0.1, -0.05) is 12.1 Å². The standard InChI is InChI=1S/C20H19FN2O5/c1-13(24)6-11-19(26)28-12-18(25)23-17-5-3-2-4-16(17)20(27)22-15-9-7-14(21)8-10-15/h2-5,7-10H,6,11-12H2,1H3,(H,22,27)(H,23,25). The zero-order valence-electron chi connectivity index (χ0n) is 15.2. The lowest BCUT2D eigenvalue weighted by atomic mass is 10.1. The lowest BCUT2D eigenvalue weighted by molar-refractivity contribution is -0.148. The van der Waals surface area contributed by atoms with Crippen molar-refractivity contribution in [2.45, 2.75) is 19.8 Å². The minimum absolute atomic E-state index is 0.0485. The van der Waals surface area contributed by atoms with Crippen molar-refractivity contribution in [3.05, 3.63) is 59.9 Å². The van der Waals surface area contributed by atoms with Crippen LogP contribution in [0.25, 0.3) is 0 Å². The molecule has 0 unspecified atom stereocenters. The van der Waals surface area contributed by atoms with Crippen molar-refractivity contribution in [1.29, 1.82) is 0 Å². The first-order valence-electron chi connectivity index (χ1n) is 8.46. The second kappa shape index (κ2) is 9.96. The van der Waals surface area contributed by atoms with Crippen molar-refractivity contribution in [3.63, 3.8) is 0 Å². The van der Waals surface area contributed by atoms with E-state index in [4.69, 9.17) is 4.74 Å². The third-order valence-electron chi connectivity index (χ3n) is 3.59. The van der Waals surface area contributed by atoms with Crippen LogP contribution >= 0.6 is 0 Å². The van der Waals surface area contributed by atoms with Crippen LogP contribution in [0.4, 0.5) is 15.8 Å². The van der Waals surface area contributed by atoms with Gasteiger partial charge in [0.15, 0.2) is 6.61 Å². The van der Waals surface area contributed by atoms with E-state index in [1.54, 1.807) is 12.1 Å². The molecular weight excluding hydrogens is 367 g/mol. The van der Waals surface area contributed by atoms with Crippen LogP contribution in [0.3, 0.4) is 0 Å². The van der Waals surface area contributed by atoms with Crippen molar-refractivity contribution in [3.8, 4) is 0 Å². The number of halogens is 1. The Morgan fingerprint density at radius 2 is 1.61 bits per heavy atom. The zero-order valence-corrected chi connectivity index (χ0v) is 15.2. The van der Waals surface area contributed by atoms with E-state index in [1.807, 2.05) is 0 Å². The normalized spacial score (nSPS) is 10.1. The molecule has 2 rings (SSSR count). The van der Waals surface area contributed by atoms with Crippen LogP contribution in [0.5, 0.6) is 0 Å². The lowest BCUT2D eigenvalue weighted by Crippen LogP contribution is -2.23. The minimum atomic E-state index is -0.660. The van der Waals surface area contributed by atoms with Gasteiger partial charge < -0.3 is 20.2 Å². The molecule has 0 aliphatic rings. The average molecular weight is 386 g/mol. The molecule has 28 heavy (non-hydrogen) atoms. The highest BCUT2D eigenvalue weighted by Gasteiger charge is 2.15. The lowest BCUT2D eigenvalue weighted by Gasteiger charge is -2.12. The van der Waals surface area contributed by atoms with Gasteiger partial charge in [0, 0.05) is 12.1 Å². The van der Waals surface area contributed by atoms with Gasteiger partial charge in [-0.3, -0.25) is 14.4 Å². The molecule has 2 N–H and O–H groups in total. The number of Topliss-reactive ketones (excluding diaryl/α,β-unsaturated/α-hetero) is 1. The molecule has 2 amide bonds. The Labute approximate surface area is 160 Å². The summed E-state index contributed by atoms with van der Waals surface area (Å²) in [7, 11) is 0. The number of benzene rings is 2. The van der Waals surface area contributed by atoms with Crippen LogP contribution < -0.4 is 10.6 Å². The summed E-state index contributed by atoms with van der Waals surface area (Å²) < 4.78 is 17.8. The molecule has 0 saturated heterocycles. The highest BCUT2D eigenvalue weighted by atomic mass is 19.1. The topological polar surface area (TPSA) is 102 Å². The van der Waals surface area contributed by atoms with Crippen molar-refractivity contribution in [1.82, 2.24) is 0 Å². The maximum atomic E-state index is 13.0. The SMILES string of the molecule is CC(=O)CCC(=O)OCC(=O)Nc1ccccc1C(=O)Nc1ccc(F)cc1. The molecule has 0 aromatic heterocycles. The fraction of sp³-hybridized carbons (Fsp3) is 0.200. The molecule has 0 spiro atoms. The zero-order chi connectivity index (χ0) is 20.5. The fourth-order valence-electron chi connectivity index (χ4n) is 2.20. The molecule has 0 aliphatic carbocycles. The number of ether oxygens (including phenoxy) is 1. The number of carbonyl (C=O) groups excluding carboxylic acids is 4. The number of carbonyl (C=O) groups is 4. The second-order valence-corrected chi connectivity index (χ2v) is 5.92. The smallest absolute Gasteiger partial charge is 0.306 e. The third kappa shape index (κ3) is 6.64. The summed E-state index contributed by atoms with van der Waals surface area (Å²) in [5, 5.41) is 5.11. The molecular formula is C20H19FN2O5. The van der Waals surface area contributed by atoms with Crippen LogP contribution in [0, 0.1) is 5.82 Å². The molecule has 7 nitrogen and oxygen atoms in total. The summed E-state index contributed by atoms with van der Waals surface area (Å²) >= 11 is 0. The maximum absolute atomic E-state index is 13.0. The molecule has 0 fully saturated rings. The van der Waals surface area contributed by atoms with E-state index < -0.39 is 30.2 Å². The van der Waals surface area contributed by atoms with Crippen molar-refractivity contribution in [2.75, 3.05) is 17.2 Å². The molecule has 2 aromatic carbocycles. The number of hydrogen-bond donors (Lipinski definition) is 2. The molecule has 0 saturated carbocycles. The van der Waals surface area contributed by atoms with Gasteiger partial charge in [-0.05, 0) is 43.3 Å². The Morgan fingerprint density at radius 3 is 2.29 bits per heavy atom. The molecule has 0 aliphatic heterocycles. The quantitative estimate of drug-likeness (QED) is 0.679. The predicted octanol–water partition coefficient (Wildman–Crippen LogP) is 2.93. The van der Waals surface area contributed by atoms with Crippen LogP contribution in [0.15, 0.2) is 48.5 Å². The van der Waals surface area contributed by atoms with E-state index in [0.717, 1.165) is 0 Å². The van der Waals surface area contributed by atoms with Gasteiger partial charge in [-0.15, -0.1) is 0 Å². The summed E-state index contributed by atoms with van der Waals surface area (Å²) in [6.45, 7) is 0.818. The highest BCUT2D eigenvalue weighted by molar-refractivity contribution is 6.10. The van der Waals surface area contributed by atoms with Crippen molar-refractivity contribution >= 4 is 34.9 Å². The van der Waals surface area contributed by atoms with E-state index in [1.165, 1.54) is 43.3 Å². The van der Waals surface area contributed by atoms with E-state index in [9.17, 15) is 23.6 Å². The summed E-state index contributed by atoms with van der Waals surface area (Å²) in [5.41, 5.74) is 0.807. The molecule has 2 aromatic rings. The van der Waals surface area contributed by atoms with Gasteiger partial charge in [-0.2, -0.15) is 0 Å². The molecule has 0 radical (unpaired) electrons. The number of hydrogen-bond acceptors (Lipinski definition) is 5. The van der Waals surface area contributed by atoms with Crippen LogP contribution in [0.2, 0.25) is 0 Å². The Kier molecular flexibility index (Phi) is 7.38. The van der Waals surface area contributed by atoms with Crippen LogP contribution in [-0.2, 0) is 19.1 Å². The average Bonchev–Trinajstić information content (AvgIpc) is 2.67. The van der Waals surface area contributed by atoms with Crippen molar-refractivity contribution in [2.24, 2.45) is 0 Å². The molecule has 146 valence electrons. The summed E-state index contributed by atoms with van der Waals surface area (Å²) in [5.74, 6) is -2.36. The first kappa shape index (κ1) is 20.8. The number of para-hydroxylation sites is 1. The van der Waals surface area contributed by atoms with Crippen LogP contribution in [0.1, 0.15) is 30.1 Å².